The van der Waals surface area contributed by atoms with E-state index in [1.807, 2.05) is 36.6 Å². The maximum Gasteiger partial charge on any atom is 0.257 e. The van der Waals surface area contributed by atoms with E-state index in [1.165, 1.54) is 11.3 Å². The molecule has 1 aromatic heterocycles. The second-order valence-corrected chi connectivity index (χ2v) is 7.31. The Kier molecular flexibility index (Phi) is 6.21. The van der Waals surface area contributed by atoms with Crippen molar-refractivity contribution in [1.29, 1.82) is 0 Å². The molecular weight excluding hydrogens is 382 g/mol. The fourth-order valence-electron chi connectivity index (χ4n) is 2.35. The fourth-order valence-corrected chi connectivity index (χ4v) is 3.22. The number of halogens is 1. The van der Waals surface area contributed by atoms with Crippen LogP contribution in [0.2, 0.25) is 5.02 Å². The summed E-state index contributed by atoms with van der Waals surface area (Å²) in [4.78, 5) is 28.6. The predicted octanol–water partition coefficient (Wildman–Crippen LogP) is 4.93. The van der Waals surface area contributed by atoms with E-state index in [0.717, 1.165) is 16.9 Å². The predicted molar refractivity (Wildman–Crippen MR) is 110 cm³/mol. The SMILES string of the molecule is Cc1ccc(NC(=O)CCc2csc(NC(=O)c3ccc(Cl)cc3)n2)cc1. The minimum absolute atomic E-state index is 0.0707. The highest BCUT2D eigenvalue weighted by Crippen LogP contribution is 2.18. The van der Waals surface area contributed by atoms with Crippen molar-refractivity contribution >= 4 is 45.6 Å². The van der Waals surface area contributed by atoms with Crippen LogP contribution in [0.4, 0.5) is 10.8 Å². The van der Waals surface area contributed by atoms with Gasteiger partial charge in [0, 0.05) is 28.1 Å². The van der Waals surface area contributed by atoms with Crippen molar-refractivity contribution in [2.24, 2.45) is 0 Å². The lowest BCUT2D eigenvalue weighted by atomic mass is 10.2. The highest BCUT2D eigenvalue weighted by molar-refractivity contribution is 7.14. The number of hydrogen-bond donors (Lipinski definition) is 2. The Hall–Kier alpha value is -2.70. The van der Waals surface area contributed by atoms with E-state index in [-0.39, 0.29) is 11.8 Å². The van der Waals surface area contributed by atoms with Crippen molar-refractivity contribution in [2.75, 3.05) is 10.6 Å². The molecule has 0 saturated heterocycles. The van der Waals surface area contributed by atoms with Crippen molar-refractivity contribution in [3.63, 3.8) is 0 Å². The van der Waals surface area contributed by atoms with E-state index >= 15 is 0 Å². The molecule has 0 saturated carbocycles. The van der Waals surface area contributed by atoms with Crippen LogP contribution >= 0.6 is 22.9 Å². The van der Waals surface area contributed by atoms with Gasteiger partial charge < -0.3 is 5.32 Å². The van der Waals surface area contributed by atoms with E-state index in [4.69, 9.17) is 11.6 Å². The van der Waals surface area contributed by atoms with Gasteiger partial charge in [-0.3, -0.25) is 14.9 Å². The maximum absolute atomic E-state index is 12.2. The van der Waals surface area contributed by atoms with Crippen molar-refractivity contribution in [3.8, 4) is 0 Å². The Labute approximate surface area is 166 Å². The Morgan fingerprint density at radius 3 is 2.44 bits per heavy atom. The van der Waals surface area contributed by atoms with Gasteiger partial charge in [0.2, 0.25) is 5.91 Å². The molecule has 3 rings (SSSR count). The van der Waals surface area contributed by atoms with Gasteiger partial charge in [-0.1, -0.05) is 29.3 Å². The summed E-state index contributed by atoms with van der Waals surface area (Å²) < 4.78 is 0. The summed E-state index contributed by atoms with van der Waals surface area (Å²) >= 11 is 7.16. The molecule has 2 amide bonds. The van der Waals surface area contributed by atoms with Gasteiger partial charge in [-0.15, -0.1) is 11.3 Å². The fraction of sp³-hybridized carbons (Fsp3) is 0.150. The van der Waals surface area contributed by atoms with E-state index < -0.39 is 0 Å². The van der Waals surface area contributed by atoms with E-state index in [2.05, 4.69) is 15.6 Å². The van der Waals surface area contributed by atoms with E-state index in [9.17, 15) is 9.59 Å². The first-order valence-electron chi connectivity index (χ1n) is 8.37. The number of nitrogens with zero attached hydrogens (tertiary/aromatic N) is 1. The highest BCUT2D eigenvalue weighted by Gasteiger charge is 2.10. The maximum atomic E-state index is 12.2. The molecule has 3 aromatic rings. The number of carbonyl (C=O) groups is 2. The molecule has 27 heavy (non-hydrogen) atoms. The highest BCUT2D eigenvalue weighted by atomic mass is 35.5. The summed E-state index contributed by atoms with van der Waals surface area (Å²) in [6, 6.07) is 14.3. The molecule has 0 aliphatic rings. The van der Waals surface area contributed by atoms with Crippen LogP contribution in [-0.4, -0.2) is 16.8 Å². The van der Waals surface area contributed by atoms with Gasteiger partial charge in [-0.05, 0) is 49.7 Å². The van der Waals surface area contributed by atoms with Crippen molar-refractivity contribution in [1.82, 2.24) is 4.98 Å². The Bertz CT molecular complexity index is 937. The topological polar surface area (TPSA) is 71.1 Å². The summed E-state index contributed by atoms with van der Waals surface area (Å²) in [5.41, 5.74) is 3.20. The number of aromatic nitrogens is 1. The van der Waals surface area contributed by atoms with Gasteiger partial charge in [0.15, 0.2) is 5.13 Å². The van der Waals surface area contributed by atoms with Gasteiger partial charge in [0.25, 0.3) is 5.91 Å². The van der Waals surface area contributed by atoms with Gasteiger partial charge in [0.1, 0.15) is 0 Å². The zero-order valence-corrected chi connectivity index (χ0v) is 16.2. The molecule has 0 aliphatic heterocycles. The van der Waals surface area contributed by atoms with Crippen LogP contribution in [-0.2, 0) is 11.2 Å². The lowest BCUT2D eigenvalue weighted by Gasteiger charge is -2.04. The molecule has 0 unspecified atom stereocenters. The quantitative estimate of drug-likeness (QED) is 0.617. The first kappa shape index (κ1) is 19.1. The van der Waals surface area contributed by atoms with E-state index in [0.29, 0.717) is 28.6 Å². The summed E-state index contributed by atoms with van der Waals surface area (Å²) in [5, 5.41) is 8.54. The van der Waals surface area contributed by atoms with Crippen LogP contribution < -0.4 is 10.6 Å². The molecule has 0 spiro atoms. The molecule has 138 valence electrons. The molecule has 2 aromatic carbocycles. The van der Waals surface area contributed by atoms with Crippen LogP contribution in [0.5, 0.6) is 0 Å². The van der Waals surface area contributed by atoms with Gasteiger partial charge in [-0.25, -0.2) is 4.98 Å². The third-order valence-electron chi connectivity index (χ3n) is 3.82. The number of nitrogens with one attached hydrogen (secondary N) is 2. The second kappa shape index (κ2) is 8.79. The Morgan fingerprint density at radius 2 is 1.74 bits per heavy atom. The number of anilines is 2. The summed E-state index contributed by atoms with van der Waals surface area (Å²) in [5.74, 6) is -0.316. The number of amides is 2. The number of aryl methyl sites for hydroxylation is 2. The number of rotatable bonds is 6. The largest absolute Gasteiger partial charge is 0.326 e. The van der Waals surface area contributed by atoms with Crippen LogP contribution in [0.3, 0.4) is 0 Å². The number of thiazole rings is 1. The number of hydrogen-bond acceptors (Lipinski definition) is 4. The molecule has 7 heteroatoms. The molecule has 0 radical (unpaired) electrons. The number of benzene rings is 2. The molecule has 5 nitrogen and oxygen atoms in total. The molecule has 1 heterocycles. The van der Waals surface area contributed by atoms with Crippen molar-refractivity contribution in [3.05, 3.63) is 75.8 Å². The second-order valence-electron chi connectivity index (χ2n) is 6.02. The average molecular weight is 400 g/mol. The minimum Gasteiger partial charge on any atom is -0.326 e. The zero-order valence-electron chi connectivity index (χ0n) is 14.7. The zero-order chi connectivity index (χ0) is 19.2. The first-order chi connectivity index (χ1) is 13.0. The Balaban J connectivity index is 1.50. The normalized spacial score (nSPS) is 10.4. The molecule has 2 N–H and O–H groups in total. The monoisotopic (exact) mass is 399 g/mol. The average Bonchev–Trinajstić information content (AvgIpc) is 3.10. The van der Waals surface area contributed by atoms with Crippen molar-refractivity contribution in [2.45, 2.75) is 19.8 Å². The summed E-state index contributed by atoms with van der Waals surface area (Å²) in [6.07, 6.45) is 0.827. The van der Waals surface area contributed by atoms with Crippen LogP contribution in [0.1, 0.15) is 28.0 Å². The van der Waals surface area contributed by atoms with E-state index in [1.54, 1.807) is 24.3 Å². The molecule has 0 fully saturated rings. The molecular formula is C20H18ClN3O2S. The molecule has 0 atom stereocenters. The van der Waals surface area contributed by atoms with Crippen LogP contribution in [0, 0.1) is 6.92 Å². The van der Waals surface area contributed by atoms with Crippen LogP contribution in [0.25, 0.3) is 0 Å². The molecule has 0 aliphatic carbocycles. The van der Waals surface area contributed by atoms with Gasteiger partial charge >= 0.3 is 0 Å². The summed E-state index contributed by atoms with van der Waals surface area (Å²) in [6.45, 7) is 2.00. The van der Waals surface area contributed by atoms with Gasteiger partial charge in [-0.2, -0.15) is 0 Å². The first-order valence-corrected chi connectivity index (χ1v) is 9.63. The summed E-state index contributed by atoms with van der Waals surface area (Å²) in [7, 11) is 0. The van der Waals surface area contributed by atoms with Crippen molar-refractivity contribution < 1.29 is 9.59 Å². The van der Waals surface area contributed by atoms with Crippen LogP contribution in [0.15, 0.2) is 53.9 Å². The smallest absolute Gasteiger partial charge is 0.257 e. The minimum atomic E-state index is -0.246. The Morgan fingerprint density at radius 1 is 1.04 bits per heavy atom. The lowest BCUT2D eigenvalue weighted by Crippen LogP contribution is -2.13. The standard InChI is InChI=1S/C20H18ClN3O2S/c1-13-2-8-16(9-3-13)22-18(25)11-10-17-12-27-20(23-17)24-19(26)14-4-6-15(21)7-5-14/h2-9,12H,10-11H2,1H3,(H,22,25)(H,23,24,26). The number of carbonyl (C=O) groups excluding carboxylic acids is 2. The lowest BCUT2D eigenvalue weighted by molar-refractivity contribution is -0.116. The molecule has 0 bridgehead atoms. The third kappa shape index (κ3) is 5.64. The van der Waals surface area contributed by atoms with Gasteiger partial charge in [0.05, 0.1) is 5.69 Å². The third-order valence-corrected chi connectivity index (χ3v) is 4.88.